The molecule has 0 unspecified atom stereocenters. The number of thioether (sulfide) groups is 1. The van der Waals surface area contributed by atoms with Gasteiger partial charge in [-0.25, -0.2) is 0 Å². The van der Waals surface area contributed by atoms with Gasteiger partial charge < -0.3 is 5.32 Å². The van der Waals surface area contributed by atoms with E-state index in [1.54, 1.807) is 12.1 Å². The molecule has 0 aliphatic rings. The van der Waals surface area contributed by atoms with Gasteiger partial charge >= 0.3 is 0 Å². The van der Waals surface area contributed by atoms with Crippen LogP contribution in [0.15, 0.2) is 29.2 Å². The molecule has 1 aromatic rings. The number of nitro groups is 1. The summed E-state index contributed by atoms with van der Waals surface area (Å²) in [6, 6.07) is 6.83. The molecule has 1 aromatic carbocycles. The van der Waals surface area contributed by atoms with Crippen LogP contribution >= 0.6 is 11.8 Å². The van der Waals surface area contributed by atoms with Crippen LogP contribution in [-0.2, 0) is 0 Å². The number of nitrogens with zero attached hydrogens (tertiary/aromatic N) is 1. The molecule has 15 heavy (non-hydrogen) atoms. The van der Waals surface area contributed by atoms with Crippen LogP contribution in [0.25, 0.3) is 0 Å². The lowest BCUT2D eigenvalue weighted by Gasteiger charge is -2.02. The second-order valence-corrected chi connectivity index (χ2v) is 4.06. The number of hydrogen-bond donors (Lipinski definition) is 1. The third kappa shape index (κ3) is 3.89. The molecule has 0 saturated heterocycles. The predicted molar refractivity (Wildman–Crippen MR) is 62.4 cm³/mol. The van der Waals surface area contributed by atoms with E-state index in [4.69, 9.17) is 0 Å². The van der Waals surface area contributed by atoms with Gasteiger partial charge in [-0.05, 0) is 12.6 Å². The summed E-state index contributed by atoms with van der Waals surface area (Å²) in [5, 5.41) is 13.9. The van der Waals surface area contributed by atoms with Gasteiger partial charge in [0.05, 0.1) is 9.82 Å². The minimum atomic E-state index is -0.338. The quantitative estimate of drug-likeness (QED) is 0.350. The van der Waals surface area contributed by atoms with Gasteiger partial charge in [0, 0.05) is 18.4 Å². The summed E-state index contributed by atoms with van der Waals surface area (Å²) in [6.45, 7) is 3.83. The Morgan fingerprint density at radius 3 is 2.87 bits per heavy atom. The van der Waals surface area contributed by atoms with Crippen molar-refractivity contribution in [1.29, 1.82) is 0 Å². The van der Waals surface area contributed by atoms with E-state index in [-0.39, 0.29) is 10.6 Å². The fourth-order valence-electron chi connectivity index (χ4n) is 1.14. The molecule has 1 rings (SSSR count). The molecule has 0 heterocycles. The third-order valence-electron chi connectivity index (χ3n) is 1.85. The normalized spacial score (nSPS) is 10.2. The summed E-state index contributed by atoms with van der Waals surface area (Å²) in [4.78, 5) is 11.1. The maximum absolute atomic E-state index is 10.7. The van der Waals surface area contributed by atoms with Crippen molar-refractivity contribution in [2.75, 3.05) is 18.8 Å². The zero-order valence-corrected chi connectivity index (χ0v) is 9.42. The molecule has 82 valence electrons. The summed E-state index contributed by atoms with van der Waals surface area (Å²) in [5.41, 5.74) is 0.194. The Kier molecular flexibility index (Phi) is 5.14. The summed E-state index contributed by atoms with van der Waals surface area (Å²) < 4.78 is 0. The maximum atomic E-state index is 10.7. The van der Waals surface area contributed by atoms with Crippen molar-refractivity contribution in [3.05, 3.63) is 34.4 Å². The van der Waals surface area contributed by atoms with E-state index in [1.807, 2.05) is 13.0 Å². The van der Waals surface area contributed by atoms with Crippen LogP contribution in [0.5, 0.6) is 0 Å². The second kappa shape index (κ2) is 6.42. The number of para-hydroxylation sites is 1. The summed E-state index contributed by atoms with van der Waals surface area (Å²) in [5.74, 6) is 0.846. The lowest BCUT2D eigenvalue weighted by molar-refractivity contribution is -0.387. The van der Waals surface area contributed by atoms with Gasteiger partial charge in [-0.2, -0.15) is 0 Å². The molecule has 0 aromatic heterocycles. The molecule has 0 aliphatic carbocycles. The molecule has 0 fully saturated rings. The summed E-state index contributed by atoms with van der Waals surface area (Å²) in [6.07, 6.45) is 0. The van der Waals surface area contributed by atoms with Crippen molar-refractivity contribution >= 4 is 17.4 Å². The van der Waals surface area contributed by atoms with E-state index < -0.39 is 0 Å². The largest absolute Gasteiger partial charge is 0.316 e. The molecule has 4 nitrogen and oxygen atoms in total. The highest BCUT2D eigenvalue weighted by atomic mass is 32.2. The monoisotopic (exact) mass is 226 g/mol. The van der Waals surface area contributed by atoms with E-state index in [0.29, 0.717) is 0 Å². The van der Waals surface area contributed by atoms with Crippen molar-refractivity contribution < 1.29 is 4.92 Å². The number of benzene rings is 1. The van der Waals surface area contributed by atoms with Gasteiger partial charge in [-0.15, -0.1) is 11.8 Å². The first-order valence-corrected chi connectivity index (χ1v) is 5.81. The lowest BCUT2D eigenvalue weighted by Crippen LogP contribution is -2.15. The molecule has 1 N–H and O–H groups in total. The third-order valence-corrected chi connectivity index (χ3v) is 2.91. The maximum Gasteiger partial charge on any atom is 0.282 e. The molecule has 0 amide bonds. The Balaban J connectivity index is 2.56. The van der Waals surface area contributed by atoms with Crippen molar-refractivity contribution in [2.45, 2.75) is 11.8 Å². The van der Waals surface area contributed by atoms with E-state index in [2.05, 4.69) is 5.32 Å². The average molecular weight is 226 g/mol. The van der Waals surface area contributed by atoms with Gasteiger partial charge in [-0.1, -0.05) is 19.1 Å². The first-order chi connectivity index (χ1) is 7.25. The first kappa shape index (κ1) is 12.0. The highest BCUT2D eigenvalue weighted by Crippen LogP contribution is 2.27. The summed E-state index contributed by atoms with van der Waals surface area (Å²) in [7, 11) is 0. The minimum Gasteiger partial charge on any atom is -0.316 e. The SMILES string of the molecule is CCNCCSc1ccccc1[N+](=O)[O-]. The molecular formula is C10H14N2O2S. The van der Waals surface area contributed by atoms with Gasteiger partial charge in [0.25, 0.3) is 5.69 Å². The van der Waals surface area contributed by atoms with Gasteiger partial charge in [-0.3, -0.25) is 10.1 Å². The summed E-state index contributed by atoms with van der Waals surface area (Å²) >= 11 is 1.51. The van der Waals surface area contributed by atoms with E-state index in [9.17, 15) is 10.1 Å². The molecule has 0 saturated carbocycles. The van der Waals surface area contributed by atoms with Crippen molar-refractivity contribution in [3.63, 3.8) is 0 Å². The lowest BCUT2D eigenvalue weighted by atomic mass is 10.3. The Morgan fingerprint density at radius 1 is 1.47 bits per heavy atom. The molecule has 0 atom stereocenters. The van der Waals surface area contributed by atoms with Crippen LogP contribution in [0.2, 0.25) is 0 Å². The molecule has 0 spiro atoms. The van der Waals surface area contributed by atoms with Crippen molar-refractivity contribution in [1.82, 2.24) is 5.32 Å². The highest BCUT2D eigenvalue weighted by molar-refractivity contribution is 7.99. The van der Waals surface area contributed by atoms with Gasteiger partial charge in [0.2, 0.25) is 0 Å². The van der Waals surface area contributed by atoms with Crippen LogP contribution < -0.4 is 5.32 Å². The zero-order valence-electron chi connectivity index (χ0n) is 8.60. The molecule has 0 radical (unpaired) electrons. The van der Waals surface area contributed by atoms with Crippen LogP contribution in [0.4, 0.5) is 5.69 Å². The van der Waals surface area contributed by atoms with Crippen LogP contribution in [0, 0.1) is 10.1 Å². The van der Waals surface area contributed by atoms with Crippen molar-refractivity contribution in [2.24, 2.45) is 0 Å². The molecule has 0 bridgehead atoms. The topological polar surface area (TPSA) is 55.2 Å². The number of nitro benzene ring substituents is 1. The fourth-order valence-corrected chi connectivity index (χ4v) is 2.07. The van der Waals surface area contributed by atoms with Crippen LogP contribution in [0.1, 0.15) is 6.92 Å². The van der Waals surface area contributed by atoms with E-state index in [1.165, 1.54) is 17.8 Å². The number of hydrogen-bond acceptors (Lipinski definition) is 4. The molecular weight excluding hydrogens is 212 g/mol. The zero-order chi connectivity index (χ0) is 11.1. The van der Waals surface area contributed by atoms with Gasteiger partial charge in [0.15, 0.2) is 0 Å². The Labute approximate surface area is 93.2 Å². The number of rotatable bonds is 6. The average Bonchev–Trinajstić information content (AvgIpc) is 2.25. The standard InChI is InChI=1S/C10H14N2O2S/c1-2-11-7-8-15-10-6-4-3-5-9(10)12(13)14/h3-6,11H,2,7-8H2,1H3. The van der Waals surface area contributed by atoms with Crippen LogP contribution in [-0.4, -0.2) is 23.8 Å². The fraction of sp³-hybridized carbons (Fsp3) is 0.400. The second-order valence-electron chi connectivity index (χ2n) is 2.93. The Hall–Kier alpha value is -1.07. The smallest absolute Gasteiger partial charge is 0.282 e. The van der Waals surface area contributed by atoms with Crippen molar-refractivity contribution in [3.8, 4) is 0 Å². The number of nitrogens with one attached hydrogen (secondary N) is 1. The van der Waals surface area contributed by atoms with Gasteiger partial charge in [0.1, 0.15) is 0 Å². The highest BCUT2D eigenvalue weighted by Gasteiger charge is 2.11. The first-order valence-electron chi connectivity index (χ1n) is 4.82. The molecule has 5 heteroatoms. The predicted octanol–water partition coefficient (Wildman–Crippen LogP) is 2.30. The minimum absolute atomic E-state index is 0.194. The van der Waals surface area contributed by atoms with E-state index >= 15 is 0 Å². The molecule has 0 aliphatic heterocycles. The van der Waals surface area contributed by atoms with Crippen LogP contribution in [0.3, 0.4) is 0 Å². The Bertz CT molecular complexity index is 331. The Morgan fingerprint density at radius 2 is 2.20 bits per heavy atom. The van der Waals surface area contributed by atoms with E-state index in [0.717, 1.165) is 23.7 Å².